The summed E-state index contributed by atoms with van der Waals surface area (Å²) in [5, 5.41) is 0.257. The van der Waals surface area contributed by atoms with Crippen molar-refractivity contribution in [3.05, 3.63) is 33.7 Å². The van der Waals surface area contributed by atoms with Crippen molar-refractivity contribution in [3.63, 3.8) is 0 Å². The number of methoxy groups -OCH3 is 1. The molecule has 2 heterocycles. The first kappa shape index (κ1) is 16.9. The van der Waals surface area contributed by atoms with E-state index in [2.05, 4.69) is 9.72 Å². The van der Waals surface area contributed by atoms with Crippen LogP contribution >= 0.6 is 23.2 Å². The summed E-state index contributed by atoms with van der Waals surface area (Å²) in [6.07, 6.45) is -0.423. The van der Waals surface area contributed by atoms with E-state index in [-0.39, 0.29) is 27.0 Å². The van der Waals surface area contributed by atoms with Crippen LogP contribution in [0.5, 0.6) is 0 Å². The molecule has 1 aromatic carbocycles. The molecule has 1 aliphatic rings. The van der Waals surface area contributed by atoms with E-state index in [9.17, 15) is 14.0 Å². The SMILES string of the molecule is COC(=O)N1CCN(C(=O)c2[nH]c3ccc(F)c(Cl)c3c2Cl)CC1. The van der Waals surface area contributed by atoms with Gasteiger partial charge in [-0.3, -0.25) is 4.79 Å². The van der Waals surface area contributed by atoms with E-state index in [0.717, 1.165) is 0 Å². The average molecular weight is 374 g/mol. The highest BCUT2D eigenvalue weighted by Gasteiger charge is 2.28. The molecule has 0 spiro atoms. The third kappa shape index (κ3) is 2.78. The van der Waals surface area contributed by atoms with Crippen LogP contribution in [0.1, 0.15) is 10.5 Å². The molecular weight excluding hydrogens is 360 g/mol. The van der Waals surface area contributed by atoms with Gasteiger partial charge in [-0.25, -0.2) is 9.18 Å². The fourth-order valence-electron chi connectivity index (χ4n) is 2.71. The summed E-state index contributed by atoms with van der Waals surface area (Å²) < 4.78 is 18.3. The molecule has 1 N–H and O–H groups in total. The monoisotopic (exact) mass is 373 g/mol. The normalized spacial score (nSPS) is 15.0. The highest BCUT2D eigenvalue weighted by Crippen LogP contribution is 2.35. The molecule has 2 aromatic rings. The number of halogens is 3. The van der Waals surface area contributed by atoms with Crippen molar-refractivity contribution in [3.8, 4) is 0 Å². The van der Waals surface area contributed by atoms with Crippen LogP contribution in [0.2, 0.25) is 10.0 Å². The van der Waals surface area contributed by atoms with Gasteiger partial charge in [-0.15, -0.1) is 0 Å². The van der Waals surface area contributed by atoms with Crippen LogP contribution in [0.25, 0.3) is 10.9 Å². The maximum atomic E-state index is 13.6. The van der Waals surface area contributed by atoms with E-state index in [1.54, 1.807) is 4.90 Å². The Hall–Kier alpha value is -1.99. The highest BCUT2D eigenvalue weighted by atomic mass is 35.5. The number of carbonyl (C=O) groups excluding carboxylic acids is 2. The number of hydrogen-bond acceptors (Lipinski definition) is 3. The number of nitrogens with zero attached hydrogens (tertiary/aromatic N) is 2. The van der Waals surface area contributed by atoms with Gasteiger partial charge in [0.1, 0.15) is 11.5 Å². The molecule has 0 saturated carbocycles. The number of amides is 2. The van der Waals surface area contributed by atoms with Crippen molar-refractivity contribution < 1.29 is 18.7 Å². The van der Waals surface area contributed by atoms with Crippen LogP contribution < -0.4 is 0 Å². The van der Waals surface area contributed by atoms with E-state index in [0.29, 0.717) is 31.7 Å². The number of H-pyrrole nitrogens is 1. The number of aromatic nitrogens is 1. The fraction of sp³-hybridized carbons (Fsp3) is 0.333. The number of carbonyl (C=O) groups is 2. The van der Waals surface area contributed by atoms with Crippen LogP contribution in [0.15, 0.2) is 12.1 Å². The lowest BCUT2D eigenvalue weighted by atomic mass is 10.2. The molecule has 128 valence electrons. The molecule has 0 unspecified atom stereocenters. The quantitative estimate of drug-likeness (QED) is 0.834. The summed E-state index contributed by atoms with van der Waals surface area (Å²) in [6, 6.07) is 2.69. The van der Waals surface area contributed by atoms with Gasteiger partial charge in [0.15, 0.2) is 0 Å². The van der Waals surface area contributed by atoms with Crippen LogP contribution in [-0.2, 0) is 4.74 Å². The number of rotatable bonds is 1. The molecule has 0 atom stereocenters. The minimum absolute atomic E-state index is 0.0925. The Morgan fingerprint density at radius 3 is 2.38 bits per heavy atom. The molecule has 0 aliphatic carbocycles. The minimum Gasteiger partial charge on any atom is -0.453 e. The first-order valence-electron chi connectivity index (χ1n) is 7.21. The molecule has 24 heavy (non-hydrogen) atoms. The predicted octanol–water partition coefficient (Wildman–Crippen LogP) is 3.14. The molecule has 0 radical (unpaired) electrons. The summed E-state index contributed by atoms with van der Waals surface area (Å²) in [6.45, 7) is 1.43. The van der Waals surface area contributed by atoms with Crippen molar-refractivity contribution in [2.24, 2.45) is 0 Å². The Labute approximate surface area is 147 Å². The molecule has 1 aromatic heterocycles. The Morgan fingerprint density at radius 2 is 1.75 bits per heavy atom. The summed E-state index contributed by atoms with van der Waals surface area (Å²) in [5.74, 6) is -0.923. The zero-order chi connectivity index (χ0) is 17.4. The largest absolute Gasteiger partial charge is 0.453 e. The van der Waals surface area contributed by atoms with Crippen LogP contribution in [0.4, 0.5) is 9.18 Å². The van der Waals surface area contributed by atoms with Crippen LogP contribution in [-0.4, -0.2) is 60.1 Å². The third-order valence-corrected chi connectivity index (χ3v) is 4.75. The molecule has 1 fully saturated rings. The molecular formula is C15H14Cl2FN3O3. The maximum Gasteiger partial charge on any atom is 0.409 e. The average Bonchev–Trinajstić information content (AvgIpc) is 2.94. The molecule has 1 saturated heterocycles. The number of benzene rings is 1. The van der Waals surface area contributed by atoms with Crippen LogP contribution in [0, 0.1) is 5.82 Å². The van der Waals surface area contributed by atoms with Crippen molar-refractivity contribution in [2.45, 2.75) is 0 Å². The second-order valence-corrected chi connectivity index (χ2v) is 6.10. The van der Waals surface area contributed by atoms with Gasteiger partial charge >= 0.3 is 6.09 Å². The summed E-state index contributed by atoms with van der Waals surface area (Å²) in [7, 11) is 1.31. The molecule has 3 rings (SSSR count). The van der Waals surface area contributed by atoms with Crippen molar-refractivity contribution in [1.82, 2.24) is 14.8 Å². The van der Waals surface area contributed by atoms with Gasteiger partial charge in [0.2, 0.25) is 0 Å². The van der Waals surface area contributed by atoms with Gasteiger partial charge in [0.25, 0.3) is 5.91 Å². The first-order valence-corrected chi connectivity index (χ1v) is 7.97. The Kier molecular flexibility index (Phi) is 4.56. The first-order chi connectivity index (χ1) is 11.4. The topological polar surface area (TPSA) is 65.6 Å². The smallest absolute Gasteiger partial charge is 0.409 e. The number of fused-ring (bicyclic) bond motifs is 1. The minimum atomic E-state index is -0.601. The van der Waals surface area contributed by atoms with Gasteiger partial charge in [-0.05, 0) is 12.1 Å². The summed E-state index contributed by atoms with van der Waals surface area (Å²) in [5.41, 5.74) is 0.647. The third-order valence-electron chi connectivity index (χ3n) is 4.01. The van der Waals surface area contributed by atoms with E-state index in [4.69, 9.17) is 23.2 Å². The second-order valence-electron chi connectivity index (χ2n) is 5.35. The van der Waals surface area contributed by atoms with Gasteiger partial charge in [0, 0.05) is 37.1 Å². The highest BCUT2D eigenvalue weighted by molar-refractivity contribution is 6.44. The van der Waals surface area contributed by atoms with E-state index in [1.165, 1.54) is 24.1 Å². The Bertz CT molecular complexity index is 816. The fourth-order valence-corrected chi connectivity index (χ4v) is 3.34. The number of hydrogen-bond donors (Lipinski definition) is 1. The lowest BCUT2D eigenvalue weighted by Crippen LogP contribution is -2.50. The standard InChI is InChI=1S/C15H14Cl2FN3O3/c1-24-15(23)21-6-4-20(5-7-21)14(22)13-12(17)10-9(19-13)3-2-8(18)11(10)16/h2-3,19H,4-7H2,1H3. The van der Waals surface area contributed by atoms with Gasteiger partial charge in [-0.2, -0.15) is 0 Å². The van der Waals surface area contributed by atoms with Crippen molar-refractivity contribution >= 4 is 46.1 Å². The van der Waals surface area contributed by atoms with Crippen molar-refractivity contribution in [2.75, 3.05) is 33.3 Å². The maximum absolute atomic E-state index is 13.6. The van der Waals surface area contributed by atoms with Gasteiger partial charge < -0.3 is 19.5 Å². The molecule has 2 amide bonds. The number of nitrogens with one attached hydrogen (secondary N) is 1. The van der Waals surface area contributed by atoms with Crippen molar-refractivity contribution in [1.29, 1.82) is 0 Å². The zero-order valence-electron chi connectivity index (χ0n) is 12.7. The zero-order valence-corrected chi connectivity index (χ0v) is 14.2. The molecule has 1 aliphatic heterocycles. The van der Waals surface area contributed by atoms with E-state index in [1.807, 2.05) is 0 Å². The number of piperazine rings is 1. The molecule has 6 nitrogen and oxygen atoms in total. The molecule has 9 heteroatoms. The van der Waals surface area contributed by atoms with Gasteiger partial charge in [-0.1, -0.05) is 23.2 Å². The van der Waals surface area contributed by atoms with E-state index >= 15 is 0 Å². The second kappa shape index (κ2) is 6.49. The predicted molar refractivity (Wildman–Crippen MR) is 88.2 cm³/mol. The van der Waals surface area contributed by atoms with Crippen LogP contribution in [0.3, 0.4) is 0 Å². The Morgan fingerprint density at radius 1 is 1.12 bits per heavy atom. The summed E-state index contributed by atoms with van der Waals surface area (Å²) >= 11 is 12.2. The number of ether oxygens (including phenoxy) is 1. The summed E-state index contributed by atoms with van der Waals surface area (Å²) in [4.78, 5) is 30.1. The number of aromatic amines is 1. The lowest BCUT2D eigenvalue weighted by molar-refractivity contribution is 0.0595. The van der Waals surface area contributed by atoms with E-state index < -0.39 is 11.9 Å². The molecule has 0 bridgehead atoms. The Balaban J connectivity index is 1.84. The van der Waals surface area contributed by atoms with Gasteiger partial charge in [0.05, 0.1) is 17.2 Å². The lowest BCUT2D eigenvalue weighted by Gasteiger charge is -2.33.